The zero-order chi connectivity index (χ0) is 11.5. The van der Waals surface area contributed by atoms with Gasteiger partial charge in [0.1, 0.15) is 0 Å². The summed E-state index contributed by atoms with van der Waals surface area (Å²) in [5, 5.41) is 0. The number of carbonyl (C=O) groups excluding carboxylic acids is 1. The van der Waals surface area contributed by atoms with Crippen LogP contribution in [-0.2, 0) is 0 Å². The third-order valence-corrected chi connectivity index (χ3v) is 2.55. The van der Waals surface area contributed by atoms with Crippen molar-refractivity contribution in [1.29, 1.82) is 0 Å². The molecule has 0 unspecified atom stereocenters. The van der Waals surface area contributed by atoms with Crippen LogP contribution >= 0.6 is 0 Å². The molecule has 1 N–H and O–H groups in total. The zero-order valence-electron chi connectivity index (χ0n) is 9.58. The molecule has 0 spiro atoms. The van der Waals surface area contributed by atoms with E-state index < -0.39 is 0 Å². The minimum absolute atomic E-state index is 0.152. The molecule has 0 radical (unpaired) electrons. The first kappa shape index (κ1) is 11.0. The number of hydrogen-bond acceptors (Lipinski definition) is 3. The number of carbonyl (C=O) groups is 1. The van der Waals surface area contributed by atoms with E-state index in [9.17, 15) is 4.79 Å². The van der Waals surface area contributed by atoms with E-state index in [4.69, 9.17) is 9.47 Å². The SMILES string of the molecule is C[NH+](C)CCC(=O)c1ccc2c(c1)OCO2. The maximum absolute atomic E-state index is 11.8. The van der Waals surface area contributed by atoms with Crippen LogP contribution in [0.1, 0.15) is 16.8 Å². The minimum Gasteiger partial charge on any atom is -0.454 e. The molecule has 0 fully saturated rings. The van der Waals surface area contributed by atoms with Crippen molar-refractivity contribution in [3.8, 4) is 11.5 Å². The molecule has 0 saturated carbocycles. The molecule has 0 amide bonds. The summed E-state index contributed by atoms with van der Waals surface area (Å²) in [6.07, 6.45) is 0.558. The van der Waals surface area contributed by atoms with Crippen molar-refractivity contribution in [2.24, 2.45) is 0 Å². The van der Waals surface area contributed by atoms with Crippen LogP contribution in [0.3, 0.4) is 0 Å². The molecule has 0 atom stereocenters. The van der Waals surface area contributed by atoms with Gasteiger partial charge in [-0.2, -0.15) is 0 Å². The van der Waals surface area contributed by atoms with Crippen LogP contribution in [0.5, 0.6) is 11.5 Å². The van der Waals surface area contributed by atoms with Gasteiger partial charge >= 0.3 is 0 Å². The van der Waals surface area contributed by atoms with E-state index in [1.165, 1.54) is 4.90 Å². The number of ether oxygens (including phenoxy) is 2. The van der Waals surface area contributed by atoms with Gasteiger partial charge in [0.15, 0.2) is 17.3 Å². The second-order valence-electron chi connectivity index (χ2n) is 4.20. The molecule has 4 nitrogen and oxygen atoms in total. The fourth-order valence-electron chi connectivity index (χ4n) is 1.58. The Bertz CT molecular complexity index is 401. The van der Waals surface area contributed by atoms with Gasteiger partial charge in [0, 0.05) is 5.56 Å². The van der Waals surface area contributed by atoms with Crippen LogP contribution < -0.4 is 14.4 Å². The Balaban J connectivity index is 2.06. The largest absolute Gasteiger partial charge is 0.454 e. The third kappa shape index (κ3) is 2.33. The first-order chi connectivity index (χ1) is 7.66. The Labute approximate surface area is 94.8 Å². The van der Waals surface area contributed by atoms with Crippen molar-refractivity contribution < 1.29 is 19.2 Å². The highest BCUT2D eigenvalue weighted by Gasteiger charge is 2.16. The third-order valence-electron chi connectivity index (χ3n) is 2.55. The molecule has 1 heterocycles. The molecule has 1 aliphatic rings. The van der Waals surface area contributed by atoms with E-state index in [-0.39, 0.29) is 12.6 Å². The Kier molecular flexibility index (Phi) is 3.10. The molecule has 1 aromatic rings. The van der Waals surface area contributed by atoms with Crippen molar-refractivity contribution in [3.63, 3.8) is 0 Å². The van der Waals surface area contributed by atoms with Crippen LogP contribution in [-0.4, -0.2) is 33.2 Å². The lowest BCUT2D eigenvalue weighted by Crippen LogP contribution is -3.05. The first-order valence-corrected chi connectivity index (χ1v) is 5.38. The van der Waals surface area contributed by atoms with E-state index in [2.05, 4.69) is 0 Å². The van der Waals surface area contributed by atoms with E-state index in [0.29, 0.717) is 17.7 Å². The topological polar surface area (TPSA) is 40.0 Å². The second-order valence-corrected chi connectivity index (χ2v) is 4.20. The lowest BCUT2D eigenvalue weighted by Gasteiger charge is -2.06. The predicted molar refractivity (Wildman–Crippen MR) is 59.2 cm³/mol. The van der Waals surface area contributed by atoms with Gasteiger partial charge in [0.25, 0.3) is 0 Å². The normalized spacial score (nSPS) is 13.2. The lowest BCUT2D eigenvalue weighted by molar-refractivity contribution is -0.857. The highest BCUT2D eigenvalue weighted by molar-refractivity contribution is 5.96. The van der Waals surface area contributed by atoms with Gasteiger partial charge in [0.2, 0.25) is 6.79 Å². The van der Waals surface area contributed by atoms with Gasteiger partial charge < -0.3 is 14.4 Å². The molecular formula is C12H16NO3+. The quantitative estimate of drug-likeness (QED) is 0.736. The number of benzene rings is 1. The summed E-state index contributed by atoms with van der Waals surface area (Å²) in [7, 11) is 4.07. The smallest absolute Gasteiger partial charge is 0.231 e. The maximum atomic E-state index is 11.8. The van der Waals surface area contributed by atoms with E-state index in [1.54, 1.807) is 18.2 Å². The Morgan fingerprint density at radius 1 is 1.31 bits per heavy atom. The monoisotopic (exact) mass is 222 g/mol. The molecule has 0 aliphatic carbocycles. The molecule has 2 rings (SSSR count). The lowest BCUT2D eigenvalue weighted by atomic mass is 10.1. The van der Waals surface area contributed by atoms with Crippen molar-refractivity contribution in [2.75, 3.05) is 27.4 Å². The van der Waals surface area contributed by atoms with Gasteiger partial charge in [-0.25, -0.2) is 0 Å². The minimum atomic E-state index is 0.152. The second kappa shape index (κ2) is 4.53. The summed E-state index contributed by atoms with van der Waals surface area (Å²) in [6, 6.07) is 5.34. The van der Waals surface area contributed by atoms with Crippen molar-refractivity contribution in [1.82, 2.24) is 0 Å². The molecule has 0 bridgehead atoms. The summed E-state index contributed by atoms with van der Waals surface area (Å²) in [5.41, 5.74) is 0.700. The summed E-state index contributed by atoms with van der Waals surface area (Å²) in [4.78, 5) is 13.1. The first-order valence-electron chi connectivity index (χ1n) is 5.38. The van der Waals surface area contributed by atoms with Crippen LogP contribution in [0.25, 0.3) is 0 Å². The van der Waals surface area contributed by atoms with Crippen molar-refractivity contribution in [2.45, 2.75) is 6.42 Å². The Hall–Kier alpha value is -1.55. The number of Topliss-reactive ketones (excluding diaryl/α,β-unsaturated/α-hetero) is 1. The number of ketones is 1. The molecular weight excluding hydrogens is 206 g/mol. The predicted octanol–water partition coefficient (Wildman–Crippen LogP) is 0.133. The Morgan fingerprint density at radius 3 is 2.81 bits per heavy atom. The van der Waals surface area contributed by atoms with Gasteiger partial charge in [-0.3, -0.25) is 4.79 Å². The molecule has 16 heavy (non-hydrogen) atoms. The van der Waals surface area contributed by atoms with E-state index >= 15 is 0 Å². The average molecular weight is 222 g/mol. The van der Waals surface area contributed by atoms with Crippen LogP contribution in [0, 0.1) is 0 Å². The van der Waals surface area contributed by atoms with Gasteiger partial charge in [-0.15, -0.1) is 0 Å². The number of quaternary nitrogens is 1. The Morgan fingerprint density at radius 2 is 2.06 bits per heavy atom. The fourth-order valence-corrected chi connectivity index (χ4v) is 1.58. The van der Waals surface area contributed by atoms with Crippen LogP contribution in [0.15, 0.2) is 18.2 Å². The number of rotatable bonds is 4. The fraction of sp³-hybridized carbons (Fsp3) is 0.417. The summed E-state index contributed by atoms with van der Waals surface area (Å²) < 4.78 is 10.4. The van der Waals surface area contributed by atoms with Crippen LogP contribution in [0.4, 0.5) is 0 Å². The number of hydrogen-bond donors (Lipinski definition) is 1. The number of nitrogens with one attached hydrogen (secondary N) is 1. The highest BCUT2D eigenvalue weighted by atomic mass is 16.7. The molecule has 1 aromatic carbocycles. The van der Waals surface area contributed by atoms with Gasteiger partial charge in [-0.1, -0.05) is 0 Å². The summed E-state index contributed by atoms with van der Waals surface area (Å²) >= 11 is 0. The molecule has 86 valence electrons. The average Bonchev–Trinajstić information content (AvgIpc) is 2.72. The van der Waals surface area contributed by atoms with Crippen molar-refractivity contribution >= 4 is 5.78 Å². The summed E-state index contributed by atoms with van der Waals surface area (Å²) in [5.74, 6) is 1.54. The van der Waals surface area contributed by atoms with E-state index in [0.717, 1.165) is 12.3 Å². The highest BCUT2D eigenvalue weighted by Crippen LogP contribution is 2.32. The molecule has 0 aromatic heterocycles. The van der Waals surface area contributed by atoms with E-state index in [1.807, 2.05) is 14.1 Å². The molecule has 0 saturated heterocycles. The van der Waals surface area contributed by atoms with Crippen LogP contribution in [0.2, 0.25) is 0 Å². The zero-order valence-corrected chi connectivity index (χ0v) is 9.58. The van der Waals surface area contributed by atoms with Gasteiger partial charge in [0.05, 0.1) is 27.1 Å². The standard InChI is InChI=1S/C12H15NO3/c1-13(2)6-5-10(14)9-3-4-11-12(7-9)16-8-15-11/h3-4,7H,5-6,8H2,1-2H3/p+1. The van der Waals surface area contributed by atoms with Crippen molar-refractivity contribution in [3.05, 3.63) is 23.8 Å². The molecule has 1 aliphatic heterocycles. The van der Waals surface area contributed by atoms with Gasteiger partial charge in [-0.05, 0) is 18.2 Å². The maximum Gasteiger partial charge on any atom is 0.231 e. The molecule has 4 heteroatoms. The number of fused-ring (bicyclic) bond motifs is 1. The summed E-state index contributed by atoms with van der Waals surface area (Å²) in [6.45, 7) is 1.09.